The Kier molecular flexibility index (Phi) is 5.70. The third-order valence-electron chi connectivity index (χ3n) is 2.40. The maximum absolute atomic E-state index is 11.8. The van der Waals surface area contributed by atoms with Crippen molar-refractivity contribution in [2.75, 3.05) is 18.5 Å². The van der Waals surface area contributed by atoms with Gasteiger partial charge in [-0.3, -0.25) is 10.3 Å². The van der Waals surface area contributed by atoms with Crippen molar-refractivity contribution in [1.82, 2.24) is 0 Å². The fourth-order valence-electron chi connectivity index (χ4n) is 1.62. The van der Waals surface area contributed by atoms with Gasteiger partial charge in [0.1, 0.15) is 5.60 Å². The second kappa shape index (κ2) is 7.05. The highest BCUT2D eigenvalue weighted by molar-refractivity contribution is 6.05. The van der Waals surface area contributed by atoms with Gasteiger partial charge in [-0.1, -0.05) is 18.2 Å². The molecule has 0 saturated carbocycles. The predicted molar refractivity (Wildman–Crippen MR) is 80.5 cm³/mol. The first-order valence-corrected chi connectivity index (χ1v) is 6.55. The molecule has 1 aromatic carbocycles. The number of aliphatic hydroxyl groups excluding tert-OH is 1. The fourth-order valence-corrected chi connectivity index (χ4v) is 1.62. The first-order valence-electron chi connectivity index (χ1n) is 6.55. The molecule has 0 aromatic heterocycles. The molecule has 0 aliphatic rings. The van der Waals surface area contributed by atoms with E-state index in [-0.39, 0.29) is 6.61 Å². The maximum Gasteiger partial charge on any atom is 0.412 e. The van der Waals surface area contributed by atoms with Gasteiger partial charge in [0, 0.05) is 11.3 Å². The maximum atomic E-state index is 11.8. The van der Waals surface area contributed by atoms with E-state index in [1.54, 1.807) is 6.07 Å². The minimum absolute atomic E-state index is 0.000991. The summed E-state index contributed by atoms with van der Waals surface area (Å²) in [5.74, 6) is 0. The minimum Gasteiger partial charge on any atom is -0.444 e. The van der Waals surface area contributed by atoms with E-state index >= 15 is 0 Å². The summed E-state index contributed by atoms with van der Waals surface area (Å²) in [5, 5.41) is 11.5. The molecular weight excluding hydrogens is 256 g/mol. The molecule has 1 aromatic rings. The lowest BCUT2D eigenvalue weighted by Gasteiger charge is -2.20. The van der Waals surface area contributed by atoms with Crippen LogP contribution in [0.25, 0.3) is 0 Å². The van der Waals surface area contributed by atoms with Gasteiger partial charge in [-0.05, 0) is 33.8 Å². The van der Waals surface area contributed by atoms with Crippen LogP contribution in [0.5, 0.6) is 0 Å². The number of amides is 1. The molecule has 0 aliphatic heterocycles. The SMILES string of the molecule is CC(=NCCO)c1ccccc1NC(=O)OC(C)(C)C. The summed E-state index contributed by atoms with van der Waals surface area (Å²) >= 11 is 0. The molecule has 0 saturated heterocycles. The lowest BCUT2D eigenvalue weighted by Crippen LogP contribution is -2.27. The zero-order valence-corrected chi connectivity index (χ0v) is 12.4. The van der Waals surface area contributed by atoms with E-state index in [2.05, 4.69) is 10.3 Å². The van der Waals surface area contributed by atoms with Crippen LogP contribution in [0.2, 0.25) is 0 Å². The summed E-state index contributed by atoms with van der Waals surface area (Å²) < 4.78 is 5.23. The lowest BCUT2D eigenvalue weighted by molar-refractivity contribution is 0.0636. The second-order valence-electron chi connectivity index (χ2n) is 5.36. The molecule has 1 rings (SSSR count). The summed E-state index contributed by atoms with van der Waals surface area (Å²) in [7, 11) is 0. The Balaban J connectivity index is 2.88. The minimum atomic E-state index is -0.543. The lowest BCUT2D eigenvalue weighted by atomic mass is 10.1. The highest BCUT2D eigenvalue weighted by atomic mass is 16.6. The molecule has 5 nitrogen and oxygen atoms in total. The van der Waals surface area contributed by atoms with E-state index in [9.17, 15) is 4.79 Å². The average molecular weight is 278 g/mol. The molecule has 0 atom stereocenters. The third-order valence-corrected chi connectivity index (χ3v) is 2.40. The Hall–Kier alpha value is -1.88. The predicted octanol–water partition coefficient (Wildman–Crippen LogP) is 2.83. The Morgan fingerprint density at radius 1 is 1.35 bits per heavy atom. The van der Waals surface area contributed by atoms with Gasteiger partial charge < -0.3 is 9.84 Å². The number of aliphatic imine (C=N–C) groups is 1. The number of hydrogen-bond donors (Lipinski definition) is 2. The number of carbonyl (C=O) groups excluding carboxylic acids is 1. The summed E-state index contributed by atoms with van der Waals surface area (Å²) in [6.45, 7) is 7.61. The number of anilines is 1. The van der Waals surface area contributed by atoms with Crippen LogP contribution in [0.15, 0.2) is 29.3 Å². The summed E-state index contributed by atoms with van der Waals surface area (Å²) in [6.07, 6.45) is -0.500. The van der Waals surface area contributed by atoms with Gasteiger partial charge in [0.15, 0.2) is 0 Å². The Labute approximate surface area is 119 Å². The van der Waals surface area contributed by atoms with Gasteiger partial charge in [-0.25, -0.2) is 4.79 Å². The number of carbonyl (C=O) groups is 1. The first kappa shape index (κ1) is 16.2. The highest BCUT2D eigenvalue weighted by Gasteiger charge is 2.17. The summed E-state index contributed by atoms with van der Waals surface area (Å²) in [5.41, 5.74) is 1.66. The molecule has 0 aliphatic carbocycles. The number of aliphatic hydroxyl groups is 1. The number of para-hydroxylation sites is 1. The number of nitrogens with zero attached hydrogens (tertiary/aromatic N) is 1. The first-order chi connectivity index (χ1) is 9.33. The standard InChI is InChI=1S/C15H22N2O3/c1-11(16-9-10-18)12-7-5-6-8-13(12)17-14(19)20-15(2,3)4/h5-8,18H,9-10H2,1-4H3,(H,17,19). The normalized spacial score (nSPS) is 12.2. The molecule has 0 heterocycles. The van der Waals surface area contributed by atoms with Crippen LogP contribution in [0, 0.1) is 0 Å². The molecule has 2 N–H and O–H groups in total. The zero-order chi connectivity index (χ0) is 15.2. The van der Waals surface area contributed by atoms with E-state index in [1.165, 1.54) is 0 Å². The van der Waals surface area contributed by atoms with Crippen molar-refractivity contribution in [2.45, 2.75) is 33.3 Å². The van der Waals surface area contributed by atoms with Crippen molar-refractivity contribution in [3.63, 3.8) is 0 Å². The van der Waals surface area contributed by atoms with Crippen molar-refractivity contribution in [3.05, 3.63) is 29.8 Å². The largest absolute Gasteiger partial charge is 0.444 e. The molecule has 0 bridgehead atoms. The number of benzene rings is 1. The van der Waals surface area contributed by atoms with Gasteiger partial charge in [-0.2, -0.15) is 0 Å². The molecule has 20 heavy (non-hydrogen) atoms. The van der Waals surface area contributed by atoms with Crippen LogP contribution in [0.1, 0.15) is 33.3 Å². The Morgan fingerprint density at radius 3 is 2.60 bits per heavy atom. The molecule has 0 radical (unpaired) electrons. The number of hydrogen-bond acceptors (Lipinski definition) is 4. The van der Waals surface area contributed by atoms with Crippen LogP contribution in [-0.4, -0.2) is 35.7 Å². The molecule has 0 spiro atoms. The van der Waals surface area contributed by atoms with Crippen LogP contribution < -0.4 is 5.32 Å². The summed E-state index contributed by atoms with van der Waals surface area (Å²) in [4.78, 5) is 16.0. The van der Waals surface area contributed by atoms with Gasteiger partial charge >= 0.3 is 6.09 Å². The van der Waals surface area contributed by atoms with Crippen molar-refractivity contribution in [2.24, 2.45) is 4.99 Å². The molecule has 1 amide bonds. The van der Waals surface area contributed by atoms with E-state index in [0.717, 1.165) is 11.3 Å². The van der Waals surface area contributed by atoms with Gasteiger partial charge in [-0.15, -0.1) is 0 Å². The molecule has 110 valence electrons. The topological polar surface area (TPSA) is 70.9 Å². The Morgan fingerprint density at radius 2 is 2.00 bits per heavy atom. The van der Waals surface area contributed by atoms with E-state index in [0.29, 0.717) is 12.2 Å². The van der Waals surface area contributed by atoms with E-state index in [4.69, 9.17) is 9.84 Å². The van der Waals surface area contributed by atoms with Gasteiger partial charge in [0.25, 0.3) is 0 Å². The fraction of sp³-hybridized carbons (Fsp3) is 0.467. The van der Waals surface area contributed by atoms with Crippen LogP contribution >= 0.6 is 0 Å². The van der Waals surface area contributed by atoms with E-state index in [1.807, 2.05) is 45.9 Å². The highest BCUT2D eigenvalue weighted by Crippen LogP contribution is 2.18. The van der Waals surface area contributed by atoms with Crippen molar-refractivity contribution >= 4 is 17.5 Å². The van der Waals surface area contributed by atoms with Crippen molar-refractivity contribution in [1.29, 1.82) is 0 Å². The third kappa shape index (κ3) is 5.40. The zero-order valence-electron chi connectivity index (χ0n) is 12.4. The van der Waals surface area contributed by atoms with Gasteiger partial charge in [0.05, 0.1) is 18.8 Å². The number of nitrogens with one attached hydrogen (secondary N) is 1. The number of ether oxygens (including phenoxy) is 1. The number of rotatable bonds is 4. The monoisotopic (exact) mass is 278 g/mol. The molecule has 0 fully saturated rings. The summed E-state index contributed by atoms with van der Waals surface area (Å²) in [6, 6.07) is 7.35. The second-order valence-corrected chi connectivity index (χ2v) is 5.36. The van der Waals surface area contributed by atoms with Crippen molar-refractivity contribution in [3.8, 4) is 0 Å². The van der Waals surface area contributed by atoms with Crippen LogP contribution in [0.4, 0.5) is 10.5 Å². The van der Waals surface area contributed by atoms with E-state index < -0.39 is 11.7 Å². The molecule has 5 heteroatoms. The quantitative estimate of drug-likeness (QED) is 0.832. The molecule has 0 unspecified atom stereocenters. The average Bonchev–Trinajstić information content (AvgIpc) is 2.34. The van der Waals surface area contributed by atoms with Crippen molar-refractivity contribution < 1.29 is 14.6 Å². The Bertz CT molecular complexity index is 490. The smallest absolute Gasteiger partial charge is 0.412 e. The van der Waals surface area contributed by atoms with Gasteiger partial charge in [0.2, 0.25) is 0 Å². The van der Waals surface area contributed by atoms with Crippen LogP contribution in [0.3, 0.4) is 0 Å². The van der Waals surface area contributed by atoms with Crippen LogP contribution in [-0.2, 0) is 4.74 Å². The molecular formula is C15H22N2O3.